The molecule has 0 saturated carbocycles. The van der Waals surface area contributed by atoms with Crippen LogP contribution in [0.15, 0.2) is 73.1 Å². The van der Waals surface area contributed by atoms with Crippen molar-refractivity contribution in [3.8, 4) is 0 Å². The summed E-state index contributed by atoms with van der Waals surface area (Å²) in [5.41, 5.74) is 2.81. The van der Waals surface area contributed by atoms with Crippen LogP contribution in [-0.4, -0.2) is 27.3 Å². The van der Waals surface area contributed by atoms with Crippen molar-refractivity contribution >= 4 is 11.8 Å². The van der Waals surface area contributed by atoms with Crippen molar-refractivity contribution in [3.05, 3.63) is 95.6 Å². The van der Waals surface area contributed by atoms with E-state index in [2.05, 4.69) is 22.1 Å². The number of ketones is 1. The van der Waals surface area contributed by atoms with E-state index < -0.39 is 23.3 Å². The van der Waals surface area contributed by atoms with Crippen LogP contribution in [0.5, 0.6) is 0 Å². The zero-order valence-electron chi connectivity index (χ0n) is 18.2. The number of hydrogen-bond acceptors (Lipinski definition) is 5. The van der Waals surface area contributed by atoms with E-state index in [1.165, 1.54) is 11.9 Å². The van der Waals surface area contributed by atoms with E-state index in [0.717, 1.165) is 24.1 Å². The van der Waals surface area contributed by atoms with Gasteiger partial charge in [-0.1, -0.05) is 60.7 Å². The van der Waals surface area contributed by atoms with E-state index in [-0.39, 0.29) is 0 Å². The quantitative estimate of drug-likeness (QED) is 0.399. The summed E-state index contributed by atoms with van der Waals surface area (Å²) in [6.07, 6.45) is 3.39. The van der Waals surface area contributed by atoms with Crippen LogP contribution in [0.4, 0.5) is 0 Å². The van der Waals surface area contributed by atoms with Gasteiger partial charge in [-0.05, 0) is 57.2 Å². The predicted octanol–water partition coefficient (Wildman–Crippen LogP) is 4.50. The van der Waals surface area contributed by atoms with Gasteiger partial charge in [0.05, 0.1) is 11.6 Å². The van der Waals surface area contributed by atoms with Gasteiger partial charge in [0.1, 0.15) is 11.9 Å². The number of esters is 1. The number of rotatable bonds is 8. The second-order valence-electron chi connectivity index (χ2n) is 8.53. The molecule has 1 unspecified atom stereocenters. The first kappa shape index (κ1) is 22.3. The second-order valence-corrected chi connectivity index (χ2v) is 8.53. The molecule has 0 saturated heterocycles. The molecule has 1 atom stereocenters. The lowest BCUT2D eigenvalue weighted by Gasteiger charge is -2.21. The Hall–Kier alpha value is -3.34. The third kappa shape index (κ3) is 6.85. The zero-order valence-corrected chi connectivity index (χ0v) is 18.2. The first-order chi connectivity index (χ1) is 14.8. The van der Waals surface area contributed by atoms with Crippen LogP contribution < -0.4 is 0 Å². The van der Waals surface area contributed by atoms with Gasteiger partial charge in [-0.25, -0.2) is 14.8 Å². The Balaban J connectivity index is 1.84. The van der Waals surface area contributed by atoms with Crippen LogP contribution in [-0.2, 0) is 33.6 Å². The van der Waals surface area contributed by atoms with Gasteiger partial charge in [-0.3, -0.25) is 4.79 Å². The van der Waals surface area contributed by atoms with Crippen LogP contribution in [0.1, 0.15) is 49.2 Å². The molecule has 0 spiro atoms. The lowest BCUT2D eigenvalue weighted by molar-refractivity contribution is -0.163. The highest BCUT2D eigenvalue weighted by Gasteiger charge is 2.32. The van der Waals surface area contributed by atoms with Crippen molar-refractivity contribution in [1.29, 1.82) is 0 Å². The van der Waals surface area contributed by atoms with Crippen molar-refractivity contribution in [2.75, 3.05) is 0 Å². The van der Waals surface area contributed by atoms with E-state index in [1.807, 2.05) is 54.6 Å². The highest BCUT2D eigenvalue weighted by molar-refractivity contribution is 6.35. The van der Waals surface area contributed by atoms with Crippen molar-refractivity contribution in [2.24, 2.45) is 0 Å². The van der Waals surface area contributed by atoms with Gasteiger partial charge < -0.3 is 4.74 Å². The molecule has 5 heteroatoms. The summed E-state index contributed by atoms with van der Waals surface area (Å²) in [5, 5.41) is 0. The van der Waals surface area contributed by atoms with Crippen LogP contribution in [0.25, 0.3) is 0 Å². The topological polar surface area (TPSA) is 69.2 Å². The molecule has 0 aliphatic carbocycles. The van der Waals surface area contributed by atoms with Crippen LogP contribution in [0.2, 0.25) is 0 Å². The van der Waals surface area contributed by atoms with E-state index in [0.29, 0.717) is 12.1 Å². The fourth-order valence-electron chi connectivity index (χ4n) is 3.31. The minimum absolute atomic E-state index is 0.369. The summed E-state index contributed by atoms with van der Waals surface area (Å²) in [6, 6.07) is 21.6. The normalized spacial score (nSPS) is 12.2. The first-order valence-electron chi connectivity index (χ1n) is 10.5. The van der Waals surface area contributed by atoms with E-state index in [9.17, 15) is 9.59 Å². The average molecular weight is 417 g/mol. The molecule has 3 aromatic rings. The Kier molecular flexibility index (Phi) is 7.29. The standard InChI is InChI=1S/C26H28N2O3/c1-26(2,3)31-25(30)24(29)22(16-20-12-8-5-9-13-20)23-17-21(27-18-28-23)15-14-19-10-6-4-7-11-19/h4-13,17-18,22H,14-16H2,1-3H3. The molecule has 0 aliphatic rings. The monoisotopic (exact) mass is 416 g/mol. The summed E-state index contributed by atoms with van der Waals surface area (Å²) in [7, 11) is 0. The SMILES string of the molecule is CC(C)(C)OC(=O)C(=O)C(Cc1ccccc1)c1cc(CCc2ccccc2)ncn1. The molecule has 0 amide bonds. The van der Waals surface area contributed by atoms with Gasteiger partial charge in [-0.2, -0.15) is 0 Å². The largest absolute Gasteiger partial charge is 0.454 e. The molecule has 5 nitrogen and oxygen atoms in total. The lowest BCUT2D eigenvalue weighted by atomic mass is 9.91. The fraction of sp³-hybridized carbons (Fsp3) is 0.308. The van der Waals surface area contributed by atoms with E-state index in [1.54, 1.807) is 20.8 Å². The van der Waals surface area contributed by atoms with E-state index in [4.69, 9.17) is 4.74 Å². The smallest absolute Gasteiger partial charge is 0.375 e. The van der Waals surface area contributed by atoms with E-state index >= 15 is 0 Å². The lowest BCUT2D eigenvalue weighted by Crippen LogP contribution is -2.33. The second kappa shape index (κ2) is 10.1. The minimum atomic E-state index is -0.835. The first-order valence-corrected chi connectivity index (χ1v) is 10.5. The maximum atomic E-state index is 13.1. The average Bonchev–Trinajstić information content (AvgIpc) is 2.76. The molecule has 31 heavy (non-hydrogen) atoms. The maximum absolute atomic E-state index is 13.1. The van der Waals surface area contributed by atoms with Crippen molar-refractivity contribution < 1.29 is 14.3 Å². The number of carbonyl (C=O) groups excluding carboxylic acids is 2. The number of hydrogen-bond donors (Lipinski definition) is 0. The van der Waals surface area contributed by atoms with Crippen molar-refractivity contribution in [2.45, 2.75) is 51.6 Å². The third-order valence-electron chi connectivity index (χ3n) is 4.81. The molecule has 0 fully saturated rings. The zero-order chi connectivity index (χ0) is 22.3. The molecule has 0 aliphatic heterocycles. The molecule has 1 heterocycles. The molecule has 2 aromatic carbocycles. The number of aromatic nitrogens is 2. The van der Waals surface area contributed by atoms with Gasteiger partial charge in [0.25, 0.3) is 0 Å². The molecule has 3 rings (SSSR count). The van der Waals surface area contributed by atoms with Gasteiger partial charge in [0, 0.05) is 5.69 Å². The number of aryl methyl sites for hydroxylation is 2. The Morgan fingerprint density at radius 1 is 0.871 bits per heavy atom. The summed E-state index contributed by atoms with van der Waals surface area (Å²) < 4.78 is 5.34. The number of Topliss-reactive ketones (excluding diaryl/α,β-unsaturated/α-hetero) is 1. The molecule has 1 aromatic heterocycles. The van der Waals surface area contributed by atoms with Gasteiger partial charge in [0.2, 0.25) is 5.78 Å². The number of benzene rings is 2. The summed E-state index contributed by atoms with van der Waals surface area (Å²) >= 11 is 0. The molecule has 0 N–H and O–H groups in total. The van der Waals surface area contributed by atoms with Gasteiger partial charge >= 0.3 is 5.97 Å². The van der Waals surface area contributed by atoms with Crippen LogP contribution in [0.3, 0.4) is 0 Å². The predicted molar refractivity (Wildman–Crippen MR) is 120 cm³/mol. The highest BCUT2D eigenvalue weighted by atomic mass is 16.6. The number of ether oxygens (including phenoxy) is 1. The molecular formula is C26H28N2O3. The number of carbonyl (C=O) groups is 2. The summed E-state index contributed by atoms with van der Waals surface area (Å²) in [4.78, 5) is 34.3. The van der Waals surface area contributed by atoms with Crippen LogP contribution in [0, 0.1) is 0 Å². The maximum Gasteiger partial charge on any atom is 0.375 e. The molecule has 0 bridgehead atoms. The molecular weight excluding hydrogens is 388 g/mol. The van der Waals surface area contributed by atoms with Crippen molar-refractivity contribution in [3.63, 3.8) is 0 Å². The Labute approximate surface area is 183 Å². The fourth-order valence-corrected chi connectivity index (χ4v) is 3.31. The van der Waals surface area contributed by atoms with Gasteiger partial charge in [0.15, 0.2) is 0 Å². The minimum Gasteiger partial charge on any atom is -0.454 e. The number of nitrogens with zero attached hydrogens (tertiary/aromatic N) is 2. The Morgan fingerprint density at radius 3 is 2.10 bits per heavy atom. The molecule has 0 radical (unpaired) electrons. The van der Waals surface area contributed by atoms with Gasteiger partial charge in [-0.15, -0.1) is 0 Å². The highest BCUT2D eigenvalue weighted by Crippen LogP contribution is 2.23. The summed E-state index contributed by atoms with van der Waals surface area (Å²) in [5.74, 6) is -2.15. The van der Waals surface area contributed by atoms with Crippen LogP contribution >= 0.6 is 0 Å². The third-order valence-corrected chi connectivity index (χ3v) is 4.81. The Morgan fingerprint density at radius 2 is 1.48 bits per heavy atom. The Bertz CT molecular complexity index is 1010. The molecule has 160 valence electrons. The van der Waals surface area contributed by atoms with Crippen molar-refractivity contribution in [1.82, 2.24) is 9.97 Å². The summed E-state index contributed by atoms with van der Waals surface area (Å²) in [6.45, 7) is 5.24.